The Labute approximate surface area is 105 Å². The van der Waals surface area contributed by atoms with Gasteiger partial charge in [0.05, 0.1) is 12.3 Å². The average molecular weight is 248 g/mol. The Hall–Kier alpha value is -1.95. The Morgan fingerprint density at radius 3 is 3.00 bits per heavy atom. The Morgan fingerprint density at radius 1 is 1.56 bits per heavy atom. The number of carbonyl (C=O) groups is 1. The van der Waals surface area contributed by atoms with Crippen molar-refractivity contribution in [3.8, 4) is 0 Å². The lowest BCUT2D eigenvalue weighted by Crippen LogP contribution is -2.34. The number of rotatable bonds is 4. The van der Waals surface area contributed by atoms with Crippen molar-refractivity contribution in [2.75, 3.05) is 19.7 Å². The highest BCUT2D eigenvalue weighted by molar-refractivity contribution is 5.93. The van der Waals surface area contributed by atoms with E-state index >= 15 is 0 Å². The fourth-order valence-electron chi connectivity index (χ4n) is 1.86. The first kappa shape index (κ1) is 12.5. The molecule has 0 aliphatic heterocycles. The first-order chi connectivity index (χ1) is 8.67. The third kappa shape index (κ3) is 2.19. The molecular weight excluding hydrogens is 232 g/mol. The van der Waals surface area contributed by atoms with Gasteiger partial charge in [-0.25, -0.2) is 9.50 Å². The smallest absolute Gasteiger partial charge is 0.272 e. The van der Waals surface area contributed by atoms with Crippen molar-refractivity contribution < 1.29 is 9.90 Å². The van der Waals surface area contributed by atoms with Crippen LogP contribution >= 0.6 is 0 Å². The predicted molar refractivity (Wildman–Crippen MR) is 66.4 cm³/mol. The van der Waals surface area contributed by atoms with Crippen LogP contribution in [0.1, 0.15) is 23.1 Å². The number of carbonyl (C=O) groups excluding carboxylic acids is 1. The van der Waals surface area contributed by atoms with Crippen LogP contribution < -0.4 is 0 Å². The normalized spacial score (nSPS) is 10.8. The van der Waals surface area contributed by atoms with Gasteiger partial charge in [-0.05, 0) is 19.9 Å². The van der Waals surface area contributed by atoms with Crippen LogP contribution in [0, 0.1) is 6.92 Å². The van der Waals surface area contributed by atoms with Gasteiger partial charge in [0.25, 0.3) is 5.91 Å². The number of aliphatic hydroxyl groups excluding tert-OH is 1. The molecule has 0 aliphatic carbocycles. The Balaban J connectivity index is 2.43. The molecule has 2 aromatic heterocycles. The SMILES string of the molecule is CCN(CCO)C(=O)c1ccnc2cc(C)nn12. The van der Waals surface area contributed by atoms with Crippen molar-refractivity contribution in [2.45, 2.75) is 13.8 Å². The van der Waals surface area contributed by atoms with Crippen molar-refractivity contribution in [1.29, 1.82) is 0 Å². The van der Waals surface area contributed by atoms with Gasteiger partial charge in [0.2, 0.25) is 0 Å². The van der Waals surface area contributed by atoms with E-state index in [0.29, 0.717) is 24.4 Å². The van der Waals surface area contributed by atoms with Crippen LogP contribution in [0.15, 0.2) is 18.3 Å². The monoisotopic (exact) mass is 248 g/mol. The van der Waals surface area contributed by atoms with Crippen molar-refractivity contribution in [3.63, 3.8) is 0 Å². The summed E-state index contributed by atoms with van der Waals surface area (Å²) in [4.78, 5) is 18.0. The Bertz CT molecular complexity index is 564. The molecule has 1 N–H and O–H groups in total. The van der Waals surface area contributed by atoms with E-state index in [2.05, 4.69) is 10.1 Å². The number of aryl methyl sites for hydroxylation is 1. The highest BCUT2D eigenvalue weighted by atomic mass is 16.3. The van der Waals surface area contributed by atoms with E-state index in [9.17, 15) is 4.79 Å². The van der Waals surface area contributed by atoms with E-state index in [0.717, 1.165) is 5.69 Å². The molecule has 0 radical (unpaired) electrons. The molecule has 0 saturated carbocycles. The molecule has 0 unspecified atom stereocenters. The molecule has 0 bridgehead atoms. The molecular formula is C12H16N4O2. The molecule has 6 nitrogen and oxygen atoms in total. The number of nitrogens with zero attached hydrogens (tertiary/aromatic N) is 4. The molecule has 0 saturated heterocycles. The molecule has 2 aromatic rings. The molecule has 6 heteroatoms. The number of likely N-dealkylation sites (N-methyl/N-ethyl adjacent to an activating group) is 1. The van der Waals surface area contributed by atoms with Crippen LogP contribution in [0.5, 0.6) is 0 Å². The van der Waals surface area contributed by atoms with Gasteiger partial charge in [-0.2, -0.15) is 5.10 Å². The zero-order valence-electron chi connectivity index (χ0n) is 10.5. The second kappa shape index (κ2) is 5.14. The lowest BCUT2D eigenvalue weighted by atomic mass is 10.3. The summed E-state index contributed by atoms with van der Waals surface area (Å²) in [6, 6.07) is 3.46. The second-order valence-corrected chi connectivity index (χ2v) is 3.99. The fraction of sp³-hybridized carbons (Fsp3) is 0.417. The molecule has 0 spiro atoms. The lowest BCUT2D eigenvalue weighted by molar-refractivity contribution is 0.0723. The van der Waals surface area contributed by atoms with Gasteiger partial charge in [-0.1, -0.05) is 0 Å². The number of fused-ring (bicyclic) bond motifs is 1. The minimum Gasteiger partial charge on any atom is -0.395 e. The van der Waals surface area contributed by atoms with E-state index in [-0.39, 0.29) is 12.5 Å². The minimum absolute atomic E-state index is 0.0497. The standard InChI is InChI=1S/C12H16N4O2/c1-3-15(6-7-17)12(18)10-4-5-13-11-8-9(2)14-16(10)11/h4-5,8,17H,3,6-7H2,1-2H3. The highest BCUT2D eigenvalue weighted by Crippen LogP contribution is 2.09. The summed E-state index contributed by atoms with van der Waals surface area (Å²) < 4.78 is 1.54. The molecule has 0 fully saturated rings. The van der Waals surface area contributed by atoms with E-state index in [1.54, 1.807) is 17.2 Å². The maximum absolute atomic E-state index is 12.3. The van der Waals surface area contributed by atoms with Gasteiger partial charge in [0.15, 0.2) is 5.65 Å². The summed E-state index contributed by atoms with van der Waals surface area (Å²) in [5.74, 6) is -0.151. The predicted octanol–water partition coefficient (Wildman–Crippen LogP) is 0.492. The van der Waals surface area contributed by atoms with Crippen LogP contribution in [0.25, 0.3) is 5.65 Å². The summed E-state index contributed by atoms with van der Waals surface area (Å²) in [6.07, 6.45) is 1.59. The summed E-state index contributed by atoms with van der Waals surface area (Å²) in [5, 5.41) is 13.2. The third-order valence-corrected chi connectivity index (χ3v) is 2.74. The van der Waals surface area contributed by atoms with E-state index < -0.39 is 0 Å². The lowest BCUT2D eigenvalue weighted by Gasteiger charge is -2.19. The van der Waals surface area contributed by atoms with Gasteiger partial charge in [0.1, 0.15) is 5.69 Å². The van der Waals surface area contributed by atoms with Gasteiger partial charge in [-0.3, -0.25) is 4.79 Å². The topological polar surface area (TPSA) is 70.7 Å². The van der Waals surface area contributed by atoms with Crippen LogP contribution in [0.3, 0.4) is 0 Å². The van der Waals surface area contributed by atoms with Gasteiger partial charge >= 0.3 is 0 Å². The van der Waals surface area contributed by atoms with Crippen LogP contribution in [-0.4, -0.2) is 50.2 Å². The van der Waals surface area contributed by atoms with E-state index in [1.165, 1.54) is 4.52 Å². The third-order valence-electron chi connectivity index (χ3n) is 2.74. The van der Waals surface area contributed by atoms with Crippen molar-refractivity contribution in [3.05, 3.63) is 29.7 Å². The minimum atomic E-state index is -0.151. The summed E-state index contributed by atoms with van der Waals surface area (Å²) in [7, 11) is 0. The Kier molecular flexibility index (Phi) is 3.57. The van der Waals surface area contributed by atoms with Crippen molar-refractivity contribution in [2.24, 2.45) is 0 Å². The Morgan fingerprint density at radius 2 is 2.33 bits per heavy atom. The second-order valence-electron chi connectivity index (χ2n) is 3.99. The first-order valence-electron chi connectivity index (χ1n) is 5.89. The van der Waals surface area contributed by atoms with Crippen LogP contribution in [0.2, 0.25) is 0 Å². The van der Waals surface area contributed by atoms with Crippen molar-refractivity contribution in [1.82, 2.24) is 19.5 Å². The zero-order valence-corrected chi connectivity index (χ0v) is 10.5. The number of amides is 1. The largest absolute Gasteiger partial charge is 0.395 e. The molecule has 96 valence electrons. The molecule has 0 aliphatic rings. The maximum Gasteiger partial charge on any atom is 0.272 e. The first-order valence-corrected chi connectivity index (χ1v) is 5.89. The fourth-order valence-corrected chi connectivity index (χ4v) is 1.86. The number of hydrogen-bond donors (Lipinski definition) is 1. The van der Waals surface area contributed by atoms with Crippen LogP contribution in [0.4, 0.5) is 0 Å². The van der Waals surface area contributed by atoms with Crippen molar-refractivity contribution >= 4 is 11.6 Å². The molecule has 0 atom stereocenters. The highest BCUT2D eigenvalue weighted by Gasteiger charge is 2.17. The number of aromatic nitrogens is 3. The molecule has 0 aromatic carbocycles. The number of aliphatic hydroxyl groups is 1. The molecule has 2 rings (SSSR count). The molecule has 18 heavy (non-hydrogen) atoms. The zero-order chi connectivity index (χ0) is 13.1. The number of hydrogen-bond acceptors (Lipinski definition) is 4. The summed E-state index contributed by atoms with van der Waals surface area (Å²) in [6.45, 7) is 4.54. The maximum atomic E-state index is 12.3. The average Bonchev–Trinajstić information content (AvgIpc) is 2.75. The molecule has 2 heterocycles. The van der Waals surface area contributed by atoms with Crippen LogP contribution in [-0.2, 0) is 0 Å². The van der Waals surface area contributed by atoms with Gasteiger partial charge in [0, 0.05) is 25.4 Å². The summed E-state index contributed by atoms with van der Waals surface area (Å²) in [5.41, 5.74) is 1.93. The summed E-state index contributed by atoms with van der Waals surface area (Å²) >= 11 is 0. The van der Waals surface area contributed by atoms with Gasteiger partial charge in [-0.15, -0.1) is 0 Å². The molecule has 1 amide bonds. The quantitative estimate of drug-likeness (QED) is 0.855. The van der Waals surface area contributed by atoms with E-state index in [4.69, 9.17) is 5.11 Å². The van der Waals surface area contributed by atoms with Gasteiger partial charge < -0.3 is 10.0 Å². The van der Waals surface area contributed by atoms with E-state index in [1.807, 2.05) is 19.9 Å².